The maximum absolute atomic E-state index is 11.7. The molecule has 0 saturated carbocycles. The molecule has 20 heavy (non-hydrogen) atoms. The van der Waals surface area contributed by atoms with Gasteiger partial charge < -0.3 is 10.2 Å². The van der Waals surface area contributed by atoms with Crippen molar-refractivity contribution < 1.29 is 4.79 Å². The molecular formula is C16H25N3O. The first-order valence-corrected chi connectivity index (χ1v) is 7.14. The van der Waals surface area contributed by atoms with Crippen molar-refractivity contribution in [3.63, 3.8) is 0 Å². The third kappa shape index (κ3) is 7.04. The maximum Gasteiger partial charge on any atom is 0.264 e. The highest BCUT2D eigenvalue weighted by molar-refractivity contribution is 6.37. The first kappa shape index (κ1) is 16.4. The summed E-state index contributed by atoms with van der Waals surface area (Å²) in [6, 6.07) is 10.2. The van der Waals surface area contributed by atoms with E-state index in [1.807, 2.05) is 32.3 Å². The highest BCUT2D eigenvalue weighted by Crippen LogP contribution is 2.04. The van der Waals surface area contributed by atoms with Gasteiger partial charge in [-0.2, -0.15) is 0 Å². The Morgan fingerprint density at radius 1 is 1.20 bits per heavy atom. The molecule has 4 heteroatoms. The van der Waals surface area contributed by atoms with E-state index in [4.69, 9.17) is 5.41 Å². The van der Waals surface area contributed by atoms with E-state index in [9.17, 15) is 4.79 Å². The van der Waals surface area contributed by atoms with E-state index in [0.717, 1.165) is 25.8 Å². The van der Waals surface area contributed by atoms with Gasteiger partial charge in [-0.15, -0.1) is 0 Å². The van der Waals surface area contributed by atoms with Gasteiger partial charge in [-0.3, -0.25) is 10.2 Å². The number of hydrogen-bond donors (Lipinski definition) is 2. The van der Waals surface area contributed by atoms with Crippen LogP contribution in [0.3, 0.4) is 0 Å². The number of rotatable bonds is 9. The van der Waals surface area contributed by atoms with Gasteiger partial charge in [-0.25, -0.2) is 0 Å². The summed E-state index contributed by atoms with van der Waals surface area (Å²) in [7, 11) is 4.01. The number of nitrogens with zero attached hydrogens (tertiary/aromatic N) is 1. The van der Waals surface area contributed by atoms with Crippen molar-refractivity contribution in [3.8, 4) is 0 Å². The molecule has 4 nitrogen and oxygen atoms in total. The summed E-state index contributed by atoms with van der Waals surface area (Å²) in [5, 5.41) is 10.6. The maximum atomic E-state index is 11.7. The summed E-state index contributed by atoms with van der Waals surface area (Å²) in [5.41, 5.74) is 1.44. The summed E-state index contributed by atoms with van der Waals surface area (Å²) >= 11 is 0. The van der Waals surface area contributed by atoms with Gasteiger partial charge in [0.2, 0.25) is 0 Å². The SMILES string of the molecule is CN(C)CCCNC(=O)C(=N)CCCc1ccccc1. The lowest BCUT2D eigenvalue weighted by molar-refractivity contribution is -0.115. The molecule has 0 aliphatic rings. The molecular weight excluding hydrogens is 250 g/mol. The van der Waals surface area contributed by atoms with E-state index in [1.54, 1.807) is 0 Å². The van der Waals surface area contributed by atoms with Crippen LogP contribution in [0.15, 0.2) is 30.3 Å². The molecule has 0 radical (unpaired) electrons. The van der Waals surface area contributed by atoms with Gasteiger partial charge in [0.1, 0.15) is 0 Å². The van der Waals surface area contributed by atoms with Crippen molar-refractivity contribution in [2.24, 2.45) is 0 Å². The van der Waals surface area contributed by atoms with E-state index < -0.39 is 0 Å². The van der Waals surface area contributed by atoms with E-state index in [0.29, 0.717) is 13.0 Å². The predicted octanol–water partition coefficient (Wildman–Crippen LogP) is 2.10. The zero-order valence-corrected chi connectivity index (χ0v) is 12.5. The van der Waals surface area contributed by atoms with Crippen molar-refractivity contribution in [1.82, 2.24) is 10.2 Å². The van der Waals surface area contributed by atoms with Crippen molar-refractivity contribution in [3.05, 3.63) is 35.9 Å². The molecule has 1 rings (SSSR count). The fraction of sp³-hybridized carbons (Fsp3) is 0.500. The minimum atomic E-state index is -0.225. The molecule has 0 aliphatic carbocycles. The third-order valence-corrected chi connectivity index (χ3v) is 3.08. The average Bonchev–Trinajstić information content (AvgIpc) is 2.44. The van der Waals surface area contributed by atoms with Crippen molar-refractivity contribution in [2.45, 2.75) is 25.7 Å². The van der Waals surface area contributed by atoms with Crippen molar-refractivity contribution in [1.29, 1.82) is 5.41 Å². The summed E-state index contributed by atoms with van der Waals surface area (Å²) in [4.78, 5) is 13.8. The van der Waals surface area contributed by atoms with Crippen LogP contribution in [0.25, 0.3) is 0 Å². The largest absolute Gasteiger partial charge is 0.351 e. The van der Waals surface area contributed by atoms with Gasteiger partial charge in [0.15, 0.2) is 0 Å². The number of carbonyl (C=O) groups excluding carboxylic acids is 1. The lowest BCUT2D eigenvalue weighted by atomic mass is 10.1. The summed E-state index contributed by atoms with van der Waals surface area (Å²) in [5.74, 6) is -0.225. The van der Waals surface area contributed by atoms with Gasteiger partial charge in [0.05, 0.1) is 5.71 Å². The monoisotopic (exact) mass is 275 g/mol. The van der Waals surface area contributed by atoms with Gasteiger partial charge in [-0.1, -0.05) is 30.3 Å². The van der Waals surface area contributed by atoms with Gasteiger partial charge in [0.25, 0.3) is 5.91 Å². The second-order valence-electron chi connectivity index (χ2n) is 5.23. The van der Waals surface area contributed by atoms with Crippen LogP contribution >= 0.6 is 0 Å². The number of hydrogen-bond acceptors (Lipinski definition) is 3. The Morgan fingerprint density at radius 3 is 2.55 bits per heavy atom. The number of carbonyl (C=O) groups is 1. The zero-order chi connectivity index (χ0) is 14.8. The van der Waals surface area contributed by atoms with Gasteiger partial charge in [0, 0.05) is 6.54 Å². The Kier molecular flexibility index (Phi) is 7.58. The number of amides is 1. The van der Waals surface area contributed by atoms with Crippen molar-refractivity contribution >= 4 is 11.6 Å². The second-order valence-corrected chi connectivity index (χ2v) is 5.23. The Labute approximate surface area is 121 Å². The quantitative estimate of drug-likeness (QED) is 0.535. The van der Waals surface area contributed by atoms with Crippen LogP contribution in [0.1, 0.15) is 24.8 Å². The standard InChI is InChI=1S/C16H25N3O/c1-19(2)13-7-12-18-16(20)15(17)11-6-10-14-8-4-3-5-9-14/h3-5,8-9,17H,6-7,10-13H2,1-2H3,(H,18,20). The molecule has 1 aromatic rings. The molecule has 110 valence electrons. The Morgan fingerprint density at radius 2 is 1.90 bits per heavy atom. The molecule has 0 saturated heterocycles. The predicted molar refractivity (Wildman–Crippen MR) is 83.3 cm³/mol. The minimum Gasteiger partial charge on any atom is -0.351 e. The first-order chi connectivity index (χ1) is 9.59. The fourth-order valence-electron chi connectivity index (χ4n) is 1.93. The molecule has 1 amide bonds. The Bertz CT molecular complexity index is 415. The molecule has 1 aromatic carbocycles. The second kappa shape index (κ2) is 9.26. The number of nitrogens with one attached hydrogen (secondary N) is 2. The van der Waals surface area contributed by atoms with Gasteiger partial charge in [-0.05, 0) is 51.9 Å². The Balaban J connectivity index is 2.14. The van der Waals surface area contributed by atoms with E-state index in [1.165, 1.54) is 5.56 Å². The molecule has 0 atom stereocenters. The highest BCUT2D eigenvalue weighted by Gasteiger charge is 2.08. The smallest absolute Gasteiger partial charge is 0.264 e. The van der Waals surface area contributed by atoms with Crippen LogP contribution in [-0.2, 0) is 11.2 Å². The van der Waals surface area contributed by atoms with Gasteiger partial charge >= 0.3 is 0 Å². The molecule has 0 spiro atoms. The number of aryl methyl sites for hydroxylation is 1. The zero-order valence-electron chi connectivity index (χ0n) is 12.5. The van der Waals surface area contributed by atoms with Crippen LogP contribution in [0.4, 0.5) is 0 Å². The molecule has 0 aliphatic heterocycles. The average molecular weight is 275 g/mol. The van der Waals surface area contributed by atoms with Crippen LogP contribution in [0.5, 0.6) is 0 Å². The summed E-state index contributed by atoms with van der Waals surface area (Å²) in [6.07, 6.45) is 3.20. The van der Waals surface area contributed by atoms with E-state index in [2.05, 4.69) is 22.3 Å². The van der Waals surface area contributed by atoms with E-state index >= 15 is 0 Å². The third-order valence-electron chi connectivity index (χ3n) is 3.08. The molecule has 0 unspecified atom stereocenters. The topological polar surface area (TPSA) is 56.2 Å². The highest BCUT2D eigenvalue weighted by atomic mass is 16.1. The molecule has 0 heterocycles. The van der Waals surface area contributed by atoms with Crippen LogP contribution < -0.4 is 5.32 Å². The molecule has 0 bridgehead atoms. The Hall–Kier alpha value is -1.68. The van der Waals surface area contributed by atoms with Crippen molar-refractivity contribution in [2.75, 3.05) is 27.2 Å². The van der Waals surface area contributed by atoms with Crippen LogP contribution in [0.2, 0.25) is 0 Å². The van der Waals surface area contributed by atoms with Crippen LogP contribution in [0, 0.1) is 5.41 Å². The fourth-order valence-corrected chi connectivity index (χ4v) is 1.93. The van der Waals surface area contributed by atoms with E-state index in [-0.39, 0.29) is 11.6 Å². The number of benzene rings is 1. The lowest BCUT2D eigenvalue weighted by Gasteiger charge is -2.10. The molecule has 0 fully saturated rings. The lowest BCUT2D eigenvalue weighted by Crippen LogP contribution is -2.32. The molecule has 2 N–H and O–H groups in total. The normalized spacial score (nSPS) is 10.6. The summed E-state index contributed by atoms with van der Waals surface area (Å²) < 4.78 is 0. The summed E-state index contributed by atoms with van der Waals surface area (Å²) in [6.45, 7) is 1.58. The molecule has 0 aromatic heterocycles. The van der Waals surface area contributed by atoms with Crippen LogP contribution in [-0.4, -0.2) is 43.7 Å². The minimum absolute atomic E-state index is 0.186. The first-order valence-electron chi connectivity index (χ1n) is 7.14.